The van der Waals surface area contributed by atoms with Crippen LogP contribution in [0.4, 0.5) is 5.82 Å². The van der Waals surface area contributed by atoms with Crippen molar-refractivity contribution in [1.29, 1.82) is 0 Å². The summed E-state index contributed by atoms with van der Waals surface area (Å²) in [6, 6.07) is 0. The zero-order valence-electron chi connectivity index (χ0n) is 7.07. The van der Waals surface area contributed by atoms with Gasteiger partial charge in [-0.1, -0.05) is 5.10 Å². The number of aromatic nitrogens is 2. The predicted molar refractivity (Wildman–Crippen MR) is 41.2 cm³/mol. The summed E-state index contributed by atoms with van der Waals surface area (Å²) in [4.78, 5) is 9.96. The minimum Gasteiger partial charge on any atom is -0.488 e. The van der Waals surface area contributed by atoms with Gasteiger partial charge in [0.05, 0.1) is 7.11 Å². The Hall–Kier alpha value is -1.59. The van der Waals surface area contributed by atoms with E-state index < -0.39 is 4.92 Å². The Morgan fingerprint density at radius 2 is 2.25 bits per heavy atom. The highest BCUT2D eigenvalue weighted by atomic mass is 16.6. The summed E-state index contributed by atoms with van der Waals surface area (Å²) in [5, 5.41) is 14.3. The Kier molecular flexibility index (Phi) is 1.99. The smallest absolute Gasteiger partial charge is 0.387 e. The molecule has 0 N–H and O–H groups in total. The highest BCUT2D eigenvalue weighted by molar-refractivity contribution is 5.43. The summed E-state index contributed by atoms with van der Waals surface area (Å²) in [6.45, 7) is 1.66. The first-order valence-corrected chi connectivity index (χ1v) is 3.30. The molecule has 0 aliphatic rings. The molecule has 0 aliphatic carbocycles. The third-order valence-electron chi connectivity index (χ3n) is 1.52. The third-order valence-corrected chi connectivity index (χ3v) is 1.52. The van der Waals surface area contributed by atoms with Gasteiger partial charge in [-0.05, 0) is 11.8 Å². The SMILES string of the molecule is COc1c(C)nn(C)c1[N+](=O)[O-]. The largest absolute Gasteiger partial charge is 0.488 e. The molecule has 0 spiro atoms. The molecule has 0 aromatic carbocycles. The fourth-order valence-electron chi connectivity index (χ4n) is 1.07. The monoisotopic (exact) mass is 171 g/mol. The van der Waals surface area contributed by atoms with Crippen molar-refractivity contribution in [2.24, 2.45) is 7.05 Å². The zero-order chi connectivity index (χ0) is 9.30. The van der Waals surface area contributed by atoms with E-state index in [9.17, 15) is 10.1 Å². The molecule has 1 rings (SSSR count). The summed E-state index contributed by atoms with van der Waals surface area (Å²) in [5.74, 6) is 0.109. The lowest BCUT2D eigenvalue weighted by Crippen LogP contribution is -1.99. The quantitative estimate of drug-likeness (QED) is 0.483. The molecular weight excluding hydrogens is 162 g/mol. The van der Waals surface area contributed by atoms with Crippen LogP contribution >= 0.6 is 0 Å². The summed E-state index contributed by atoms with van der Waals surface area (Å²) in [5.41, 5.74) is 0.520. The molecule has 0 radical (unpaired) electrons. The number of nitro groups is 1. The molecule has 6 heteroatoms. The van der Waals surface area contributed by atoms with Crippen molar-refractivity contribution >= 4 is 5.82 Å². The molecule has 0 atom stereocenters. The van der Waals surface area contributed by atoms with Crippen LogP contribution in [0.25, 0.3) is 0 Å². The standard InChI is InChI=1S/C6H9N3O3/c1-4-5(12-3)6(9(10)11)8(2)7-4/h1-3H3. The van der Waals surface area contributed by atoms with Gasteiger partial charge in [0.1, 0.15) is 12.7 Å². The number of hydrogen-bond donors (Lipinski definition) is 0. The predicted octanol–water partition coefficient (Wildman–Crippen LogP) is 0.645. The van der Waals surface area contributed by atoms with Crippen molar-refractivity contribution in [3.63, 3.8) is 0 Å². The Morgan fingerprint density at radius 1 is 1.67 bits per heavy atom. The van der Waals surface area contributed by atoms with Gasteiger partial charge in [0.15, 0.2) is 0 Å². The molecule has 0 aliphatic heterocycles. The van der Waals surface area contributed by atoms with Crippen LogP contribution in [0.5, 0.6) is 5.75 Å². The molecule has 0 bridgehead atoms. The van der Waals surface area contributed by atoms with Gasteiger partial charge in [-0.15, -0.1) is 4.68 Å². The van der Waals surface area contributed by atoms with Crippen LogP contribution in [0.3, 0.4) is 0 Å². The van der Waals surface area contributed by atoms with Gasteiger partial charge in [-0.2, -0.15) is 0 Å². The third kappa shape index (κ3) is 1.11. The molecule has 0 saturated heterocycles. The molecule has 1 aromatic heterocycles. The minimum atomic E-state index is -0.515. The fraction of sp³-hybridized carbons (Fsp3) is 0.500. The van der Waals surface area contributed by atoms with E-state index in [2.05, 4.69) is 5.10 Å². The Bertz CT molecular complexity index is 318. The van der Waals surface area contributed by atoms with Gasteiger partial charge in [0.25, 0.3) is 0 Å². The van der Waals surface area contributed by atoms with E-state index in [1.165, 1.54) is 18.8 Å². The minimum absolute atomic E-state index is 0.116. The van der Waals surface area contributed by atoms with Crippen molar-refractivity contribution in [1.82, 2.24) is 9.78 Å². The summed E-state index contributed by atoms with van der Waals surface area (Å²) in [6.07, 6.45) is 0. The molecule has 6 nitrogen and oxygen atoms in total. The summed E-state index contributed by atoms with van der Waals surface area (Å²) >= 11 is 0. The van der Waals surface area contributed by atoms with Gasteiger partial charge >= 0.3 is 5.82 Å². The topological polar surface area (TPSA) is 70.2 Å². The molecule has 0 amide bonds. The van der Waals surface area contributed by atoms with Crippen molar-refractivity contribution in [3.8, 4) is 5.75 Å². The molecule has 0 unspecified atom stereocenters. The van der Waals surface area contributed by atoms with Crippen LogP contribution in [0, 0.1) is 17.0 Å². The van der Waals surface area contributed by atoms with Crippen molar-refractivity contribution in [2.45, 2.75) is 6.92 Å². The molecule has 0 saturated carbocycles. The van der Waals surface area contributed by atoms with Gasteiger partial charge in [0, 0.05) is 0 Å². The first-order valence-electron chi connectivity index (χ1n) is 3.30. The van der Waals surface area contributed by atoms with Crippen molar-refractivity contribution in [3.05, 3.63) is 15.8 Å². The second kappa shape index (κ2) is 2.80. The fourth-order valence-corrected chi connectivity index (χ4v) is 1.07. The van der Waals surface area contributed by atoms with Gasteiger partial charge in [-0.25, -0.2) is 0 Å². The van der Waals surface area contributed by atoms with E-state index in [1.807, 2.05) is 0 Å². The lowest BCUT2D eigenvalue weighted by molar-refractivity contribution is -0.393. The average molecular weight is 171 g/mol. The number of methoxy groups -OCH3 is 1. The molecule has 1 heterocycles. The molecule has 0 fully saturated rings. The number of aryl methyl sites for hydroxylation is 2. The second-order valence-corrected chi connectivity index (χ2v) is 2.32. The van der Waals surface area contributed by atoms with E-state index >= 15 is 0 Å². The Labute approximate surface area is 68.9 Å². The highest BCUT2D eigenvalue weighted by Crippen LogP contribution is 2.28. The molecular formula is C6H9N3O3. The normalized spacial score (nSPS) is 9.92. The number of ether oxygens (including phenoxy) is 1. The molecule has 12 heavy (non-hydrogen) atoms. The van der Waals surface area contributed by atoms with Crippen molar-refractivity contribution in [2.75, 3.05) is 7.11 Å². The highest BCUT2D eigenvalue weighted by Gasteiger charge is 2.23. The van der Waals surface area contributed by atoms with E-state index in [-0.39, 0.29) is 11.6 Å². The lowest BCUT2D eigenvalue weighted by Gasteiger charge is -1.96. The van der Waals surface area contributed by atoms with Crippen LogP contribution < -0.4 is 4.74 Å². The van der Waals surface area contributed by atoms with Crippen LogP contribution in [0.15, 0.2) is 0 Å². The average Bonchev–Trinajstić information content (AvgIpc) is 2.24. The maximum atomic E-state index is 10.5. The maximum Gasteiger partial charge on any atom is 0.387 e. The van der Waals surface area contributed by atoms with E-state index in [1.54, 1.807) is 6.92 Å². The van der Waals surface area contributed by atoms with Gasteiger partial charge < -0.3 is 14.9 Å². The Balaban J connectivity index is 3.32. The Morgan fingerprint density at radius 3 is 2.58 bits per heavy atom. The van der Waals surface area contributed by atoms with E-state index in [0.717, 1.165) is 0 Å². The lowest BCUT2D eigenvalue weighted by atomic mass is 10.4. The first-order chi connectivity index (χ1) is 5.57. The van der Waals surface area contributed by atoms with Crippen LogP contribution in [-0.2, 0) is 7.05 Å². The number of nitrogens with zero attached hydrogens (tertiary/aromatic N) is 3. The maximum absolute atomic E-state index is 10.5. The number of hydrogen-bond acceptors (Lipinski definition) is 4. The zero-order valence-corrected chi connectivity index (χ0v) is 7.07. The molecule has 1 aromatic rings. The van der Waals surface area contributed by atoms with Gasteiger partial charge in [-0.3, -0.25) is 0 Å². The summed E-state index contributed by atoms with van der Waals surface area (Å²) < 4.78 is 6.02. The van der Waals surface area contributed by atoms with Crippen molar-refractivity contribution < 1.29 is 9.66 Å². The summed E-state index contributed by atoms with van der Waals surface area (Å²) in [7, 11) is 2.89. The molecule has 66 valence electrons. The van der Waals surface area contributed by atoms with Crippen LogP contribution in [0.1, 0.15) is 5.69 Å². The van der Waals surface area contributed by atoms with E-state index in [0.29, 0.717) is 5.69 Å². The van der Waals surface area contributed by atoms with Crippen LogP contribution in [-0.4, -0.2) is 21.8 Å². The number of rotatable bonds is 2. The van der Waals surface area contributed by atoms with Gasteiger partial charge in [0.2, 0.25) is 5.75 Å². The second-order valence-electron chi connectivity index (χ2n) is 2.32. The first kappa shape index (κ1) is 8.51. The van der Waals surface area contributed by atoms with E-state index in [4.69, 9.17) is 4.74 Å². The van der Waals surface area contributed by atoms with Crippen LogP contribution in [0.2, 0.25) is 0 Å².